The number of amides is 1. The first-order chi connectivity index (χ1) is 13.2. The van der Waals surface area contributed by atoms with Gasteiger partial charge in [-0.05, 0) is 19.4 Å². The van der Waals surface area contributed by atoms with Gasteiger partial charge >= 0.3 is 0 Å². The second-order valence-corrected chi connectivity index (χ2v) is 7.70. The minimum atomic E-state index is 0.0195. The van der Waals surface area contributed by atoms with Gasteiger partial charge in [-0.2, -0.15) is 0 Å². The first-order valence-corrected chi connectivity index (χ1v) is 9.89. The topological polar surface area (TPSA) is 71.0 Å². The number of hydrogen-bond donors (Lipinski definition) is 1. The van der Waals surface area contributed by atoms with Crippen LogP contribution in [-0.2, 0) is 11.2 Å². The number of aryl methyl sites for hydroxylation is 1. The Morgan fingerprint density at radius 1 is 1.26 bits per heavy atom. The van der Waals surface area contributed by atoms with Gasteiger partial charge < -0.3 is 10.2 Å². The lowest BCUT2D eigenvalue weighted by molar-refractivity contribution is -0.121. The standard InChI is InChI=1S/C20H21N5OS/c1-14-22-17(13-27-14)11-19(26)23-16-8-10-25(12-16)20-21-9-7-18(24-20)15-5-3-2-4-6-15/h2-7,9,13,16H,8,10-12H2,1H3,(H,23,26). The Bertz CT molecular complexity index is 927. The van der Waals surface area contributed by atoms with E-state index in [0.29, 0.717) is 12.4 Å². The van der Waals surface area contributed by atoms with Crippen molar-refractivity contribution in [1.82, 2.24) is 20.3 Å². The molecule has 1 aliphatic rings. The summed E-state index contributed by atoms with van der Waals surface area (Å²) >= 11 is 1.57. The molecule has 27 heavy (non-hydrogen) atoms. The fourth-order valence-electron chi connectivity index (χ4n) is 3.26. The van der Waals surface area contributed by atoms with Crippen LogP contribution in [0.2, 0.25) is 0 Å². The SMILES string of the molecule is Cc1nc(CC(=O)NC2CCN(c3nccc(-c4ccccc4)n3)C2)cs1. The number of carbonyl (C=O) groups excluding carboxylic acids is 1. The highest BCUT2D eigenvalue weighted by Gasteiger charge is 2.26. The number of benzene rings is 1. The molecule has 0 aliphatic carbocycles. The van der Waals surface area contributed by atoms with E-state index in [2.05, 4.69) is 20.2 Å². The van der Waals surface area contributed by atoms with Gasteiger partial charge in [0.1, 0.15) is 0 Å². The molecule has 1 aromatic carbocycles. The molecule has 6 nitrogen and oxygen atoms in total. The van der Waals surface area contributed by atoms with Crippen LogP contribution in [0.5, 0.6) is 0 Å². The van der Waals surface area contributed by atoms with Crippen LogP contribution < -0.4 is 10.2 Å². The Morgan fingerprint density at radius 2 is 2.11 bits per heavy atom. The third-order valence-electron chi connectivity index (χ3n) is 4.56. The van der Waals surface area contributed by atoms with E-state index in [1.165, 1.54) is 0 Å². The molecule has 1 amide bonds. The molecule has 0 radical (unpaired) electrons. The van der Waals surface area contributed by atoms with Crippen LogP contribution in [0.4, 0.5) is 5.95 Å². The lowest BCUT2D eigenvalue weighted by Gasteiger charge is -2.17. The van der Waals surface area contributed by atoms with Crippen molar-refractivity contribution in [2.75, 3.05) is 18.0 Å². The predicted molar refractivity (Wildman–Crippen MR) is 107 cm³/mol. The molecule has 3 heterocycles. The van der Waals surface area contributed by atoms with E-state index >= 15 is 0 Å². The smallest absolute Gasteiger partial charge is 0.226 e. The Balaban J connectivity index is 1.37. The maximum absolute atomic E-state index is 12.3. The van der Waals surface area contributed by atoms with Gasteiger partial charge in [-0.3, -0.25) is 4.79 Å². The van der Waals surface area contributed by atoms with Gasteiger partial charge in [0.15, 0.2) is 0 Å². The molecule has 1 N–H and O–H groups in total. The Morgan fingerprint density at radius 3 is 2.89 bits per heavy atom. The number of rotatable bonds is 5. The maximum atomic E-state index is 12.3. The van der Waals surface area contributed by atoms with E-state index < -0.39 is 0 Å². The third-order valence-corrected chi connectivity index (χ3v) is 5.38. The number of nitrogens with one attached hydrogen (secondary N) is 1. The average molecular weight is 379 g/mol. The van der Waals surface area contributed by atoms with E-state index in [1.54, 1.807) is 17.5 Å². The molecular weight excluding hydrogens is 358 g/mol. The van der Waals surface area contributed by atoms with Crippen molar-refractivity contribution >= 4 is 23.2 Å². The van der Waals surface area contributed by atoms with Crippen molar-refractivity contribution in [3.8, 4) is 11.3 Å². The number of nitrogens with zero attached hydrogens (tertiary/aromatic N) is 4. The molecule has 1 aliphatic heterocycles. The minimum Gasteiger partial charge on any atom is -0.351 e. The van der Waals surface area contributed by atoms with Crippen molar-refractivity contribution in [2.45, 2.75) is 25.8 Å². The van der Waals surface area contributed by atoms with E-state index in [9.17, 15) is 4.79 Å². The number of thiazole rings is 1. The highest BCUT2D eigenvalue weighted by Crippen LogP contribution is 2.21. The second kappa shape index (κ2) is 7.84. The molecular formula is C20H21N5OS. The molecule has 7 heteroatoms. The lowest BCUT2D eigenvalue weighted by atomic mass is 10.1. The molecule has 4 rings (SSSR count). The van der Waals surface area contributed by atoms with Crippen molar-refractivity contribution in [1.29, 1.82) is 0 Å². The first kappa shape index (κ1) is 17.6. The van der Waals surface area contributed by atoms with Gasteiger partial charge in [0, 0.05) is 36.3 Å². The summed E-state index contributed by atoms with van der Waals surface area (Å²) in [7, 11) is 0. The van der Waals surface area contributed by atoms with Crippen LogP contribution >= 0.6 is 11.3 Å². The fraction of sp³-hybridized carbons (Fsp3) is 0.300. The zero-order valence-electron chi connectivity index (χ0n) is 15.1. The van der Waals surface area contributed by atoms with Crippen molar-refractivity contribution in [3.05, 3.63) is 58.7 Å². The fourth-order valence-corrected chi connectivity index (χ4v) is 3.88. The van der Waals surface area contributed by atoms with Crippen LogP contribution in [-0.4, -0.2) is 40.0 Å². The average Bonchev–Trinajstić information content (AvgIpc) is 3.31. The summed E-state index contributed by atoms with van der Waals surface area (Å²) in [4.78, 5) is 27.9. The Labute approximate surface area is 162 Å². The zero-order valence-corrected chi connectivity index (χ0v) is 15.9. The molecule has 0 spiro atoms. The molecule has 2 aromatic heterocycles. The maximum Gasteiger partial charge on any atom is 0.226 e. The summed E-state index contributed by atoms with van der Waals surface area (Å²) in [5.41, 5.74) is 2.82. The van der Waals surface area contributed by atoms with Gasteiger partial charge in [0.2, 0.25) is 11.9 Å². The van der Waals surface area contributed by atoms with Crippen LogP contribution in [0.3, 0.4) is 0 Å². The summed E-state index contributed by atoms with van der Waals surface area (Å²) < 4.78 is 0. The van der Waals surface area contributed by atoms with Gasteiger partial charge in [-0.15, -0.1) is 11.3 Å². The largest absolute Gasteiger partial charge is 0.351 e. The highest BCUT2D eigenvalue weighted by molar-refractivity contribution is 7.09. The lowest BCUT2D eigenvalue weighted by Crippen LogP contribution is -2.38. The van der Waals surface area contributed by atoms with E-state index in [0.717, 1.165) is 41.5 Å². The molecule has 1 atom stereocenters. The summed E-state index contributed by atoms with van der Waals surface area (Å²) in [6.07, 6.45) is 3.02. The first-order valence-electron chi connectivity index (χ1n) is 9.01. The number of hydrogen-bond acceptors (Lipinski definition) is 6. The minimum absolute atomic E-state index is 0.0195. The normalized spacial score (nSPS) is 16.5. The highest BCUT2D eigenvalue weighted by atomic mass is 32.1. The van der Waals surface area contributed by atoms with Crippen LogP contribution in [0.15, 0.2) is 48.0 Å². The number of carbonyl (C=O) groups is 1. The van der Waals surface area contributed by atoms with Gasteiger partial charge in [0.25, 0.3) is 0 Å². The van der Waals surface area contributed by atoms with Crippen LogP contribution in [0.25, 0.3) is 11.3 Å². The monoisotopic (exact) mass is 379 g/mol. The summed E-state index contributed by atoms with van der Waals surface area (Å²) in [6.45, 7) is 3.50. The van der Waals surface area contributed by atoms with E-state index in [4.69, 9.17) is 4.98 Å². The molecule has 1 fully saturated rings. The summed E-state index contributed by atoms with van der Waals surface area (Å²) in [6, 6.07) is 12.1. The number of anilines is 1. The van der Waals surface area contributed by atoms with Crippen molar-refractivity contribution in [2.24, 2.45) is 0 Å². The second-order valence-electron chi connectivity index (χ2n) is 6.64. The molecule has 1 unspecified atom stereocenters. The van der Waals surface area contributed by atoms with Crippen LogP contribution in [0.1, 0.15) is 17.1 Å². The van der Waals surface area contributed by atoms with E-state index in [-0.39, 0.29) is 11.9 Å². The van der Waals surface area contributed by atoms with Crippen LogP contribution in [0, 0.1) is 6.92 Å². The van der Waals surface area contributed by atoms with Crippen molar-refractivity contribution < 1.29 is 4.79 Å². The predicted octanol–water partition coefficient (Wildman–Crippen LogP) is 2.85. The zero-order chi connectivity index (χ0) is 18.6. The Kier molecular flexibility index (Phi) is 5.11. The number of aromatic nitrogens is 3. The summed E-state index contributed by atoms with van der Waals surface area (Å²) in [5, 5.41) is 6.04. The van der Waals surface area contributed by atoms with E-state index in [1.807, 2.05) is 48.7 Å². The quantitative estimate of drug-likeness (QED) is 0.738. The van der Waals surface area contributed by atoms with Gasteiger partial charge in [-0.1, -0.05) is 30.3 Å². The summed E-state index contributed by atoms with van der Waals surface area (Å²) in [5.74, 6) is 0.731. The molecule has 0 saturated carbocycles. The van der Waals surface area contributed by atoms with Gasteiger partial charge in [-0.25, -0.2) is 15.0 Å². The Hall–Kier alpha value is -2.80. The van der Waals surface area contributed by atoms with Gasteiger partial charge in [0.05, 0.1) is 22.8 Å². The van der Waals surface area contributed by atoms with Crippen molar-refractivity contribution in [3.63, 3.8) is 0 Å². The third kappa shape index (κ3) is 4.31. The molecule has 1 saturated heterocycles. The molecule has 138 valence electrons. The molecule has 0 bridgehead atoms. The molecule has 3 aromatic rings.